The first kappa shape index (κ1) is 31.3. The summed E-state index contributed by atoms with van der Waals surface area (Å²) in [6.07, 6.45) is 1.81. The Hall–Kier alpha value is -3.14. The molecule has 9 heteroatoms. The van der Waals surface area contributed by atoms with Crippen molar-refractivity contribution in [2.24, 2.45) is 16.7 Å². The Bertz CT molecular complexity index is 1540. The minimum absolute atomic E-state index is 0.0208. The average Bonchev–Trinajstić information content (AvgIpc) is 3.29. The number of fused-ring (bicyclic) bond motifs is 2. The number of ether oxygens (including phenoxy) is 2. The molecule has 0 aromatic heterocycles. The van der Waals surface area contributed by atoms with E-state index in [-0.39, 0.29) is 24.1 Å². The molecule has 2 aliphatic carbocycles. The fraction of sp³-hybridized carbons (Fsp3) is 0.412. The number of carbonyl (C=O) groups is 2. The highest BCUT2D eigenvalue weighted by Gasteiger charge is 2.65. The van der Waals surface area contributed by atoms with Gasteiger partial charge < -0.3 is 9.47 Å². The van der Waals surface area contributed by atoms with Gasteiger partial charge in [-0.05, 0) is 104 Å². The summed E-state index contributed by atoms with van der Waals surface area (Å²) in [6, 6.07) is 25.6. The monoisotopic (exact) mass is 624 g/mol. The summed E-state index contributed by atoms with van der Waals surface area (Å²) in [4.78, 5) is 27.5. The predicted octanol–water partition coefficient (Wildman–Crippen LogP) is 7.35. The van der Waals surface area contributed by atoms with Crippen molar-refractivity contribution >= 4 is 32.2 Å². The van der Waals surface area contributed by atoms with Gasteiger partial charge in [-0.25, -0.2) is 8.42 Å². The number of benzene rings is 3. The summed E-state index contributed by atoms with van der Waals surface area (Å²) in [5.74, 6) is -0.205. The van der Waals surface area contributed by atoms with Gasteiger partial charge in [0.1, 0.15) is 17.1 Å². The van der Waals surface area contributed by atoms with Crippen molar-refractivity contribution in [3.8, 4) is 5.75 Å². The van der Waals surface area contributed by atoms with Gasteiger partial charge in [-0.2, -0.15) is 8.42 Å². The second kappa shape index (κ2) is 11.4. The smallest absolute Gasteiger partial charge is 0.344 e. The number of ketones is 1. The van der Waals surface area contributed by atoms with Gasteiger partial charge in [0.2, 0.25) is 0 Å². The number of esters is 1. The fourth-order valence-corrected chi connectivity index (χ4v) is 12.7. The zero-order valence-electron chi connectivity index (χ0n) is 25.4. The van der Waals surface area contributed by atoms with Crippen LogP contribution in [0.3, 0.4) is 0 Å². The van der Waals surface area contributed by atoms with Gasteiger partial charge in [0, 0.05) is 21.1 Å². The van der Waals surface area contributed by atoms with E-state index in [4.69, 9.17) is 13.1 Å². The van der Waals surface area contributed by atoms with Crippen LogP contribution in [0.2, 0.25) is 0 Å². The summed E-state index contributed by atoms with van der Waals surface area (Å²) in [5.41, 5.74) is -2.02. The molecule has 0 aliphatic heterocycles. The molecule has 0 radical (unpaired) electrons. The third-order valence-electron chi connectivity index (χ3n) is 8.85. The van der Waals surface area contributed by atoms with Crippen molar-refractivity contribution < 1.29 is 31.1 Å². The molecule has 0 saturated heterocycles. The summed E-state index contributed by atoms with van der Waals surface area (Å²) in [6.45, 7) is 9.15. The van der Waals surface area contributed by atoms with Crippen molar-refractivity contribution in [3.05, 3.63) is 84.9 Å². The number of Topliss-reactive ketones (excluding diaryl/α,β-unsaturated/α-hetero) is 1. The molecule has 0 amide bonds. The molecule has 5 rings (SSSR count). The zero-order chi connectivity index (χ0) is 31.1. The van der Waals surface area contributed by atoms with Crippen LogP contribution in [0.25, 0.3) is 0 Å². The van der Waals surface area contributed by atoms with E-state index in [0.717, 1.165) is 6.42 Å². The lowest BCUT2D eigenvalue weighted by atomic mass is 9.70. The molecule has 3 aromatic carbocycles. The minimum atomic E-state index is -4.24. The first-order valence-corrected chi connectivity index (χ1v) is 17.7. The van der Waals surface area contributed by atoms with E-state index in [2.05, 4.69) is 0 Å². The van der Waals surface area contributed by atoms with Gasteiger partial charge in [0.05, 0.1) is 11.2 Å². The molecule has 0 N–H and O–H groups in total. The van der Waals surface area contributed by atoms with Gasteiger partial charge in [-0.3, -0.25) is 4.79 Å². The van der Waals surface area contributed by atoms with Gasteiger partial charge >= 0.3 is 5.97 Å². The molecule has 2 aliphatic rings. The first-order valence-electron chi connectivity index (χ1n) is 14.5. The summed E-state index contributed by atoms with van der Waals surface area (Å²) in [5, 5.41) is 0. The highest BCUT2D eigenvalue weighted by molar-refractivity contribution is 8.33. The number of hydrogen-bond acceptors (Lipinski definition) is 7. The Labute approximate surface area is 256 Å². The topological polar surface area (TPSA) is 96.0 Å². The van der Waals surface area contributed by atoms with Crippen LogP contribution in [0, 0.1) is 16.7 Å². The molecule has 0 spiro atoms. The third-order valence-corrected chi connectivity index (χ3v) is 14.2. The van der Waals surface area contributed by atoms with Crippen LogP contribution >= 0.6 is 10.3 Å². The lowest BCUT2D eigenvalue weighted by Gasteiger charge is -2.41. The number of rotatable bonds is 10. The van der Waals surface area contributed by atoms with E-state index >= 15 is 0 Å². The quantitative estimate of drug-likeness (QED) is 0.218. The van der Waals surface area contributed by atoms with Gasteiger partial charge in [0.25, 0.3) is 10.1 Å². The van der Waals surface area contributed by atoms with Crippen molar-refractivity contribution in [3.63, 3.8) is 0 Å². The van der Waals surface area contributed by atoms with Crippen molar-refractivity contribution in [1.82, 2.24) is 0 Å². The van der Waals surface area contributed by atoms with Crippen molar-refractivity contribution in [2.45, 2.75) is 74.2 Å². The van der Waals surface area contributed by atoms with E-state index in [9.17, 15) is 18.0 Å². The second-order valence-corrected chi connectivity index (χ2v) is 17.4. The molecule has 2 saturated carbocycles. The molecule has 2 unspecified atom stereocenters. The summed E-state index contributed by atoms with van der Waals surface area (Å²) in [7, 11) is -7.07. The number of hydrogen-bond donors (Lipinski definition) is 0. The third kappa shape index (κ3) is 5.99. The van der Waals surface area contributed by atoms with Gasteiger partial charge in [-0.1, -0.05) is 50.2 Å². The molecule has 0 heterocycles. The van der Waals surface area contributed by atoms with Crippen LogP contribution < -0.4 is 4.74 Å². The lowest BCUT2D eigenvalue weighted by molar-refractivity contribution is -0.157. The standard InChI is InChI=1S/C34H40O7S2/c1-32(2,3)40-31(36)23-39-26-16-18-29(19-17-26)43(27-12-8-6-9-13-27,28-14-10-7-11-15-28)41-42(37,38)24-34-21-20-25(22-30(34)35)33(34,4)5/h6-19,25H,20-24H2,1-5H3. The van der Waals surface area contributed by atoms with Crippen LogP contribution in [-0.2, 0) is 28.1 Å². The van der Waals surface area contributed by atoms with Crippen LogP contribution in [0.15, 0.2) is 99.6 Å². The van der Waals surface area contributed by atoms with Crippen LogP contribution in [-0.4, -0.2) is 38.1 Å². The Morgan fingerprint density at radius 3 is 1.86 bits per heavy atom. The van der Waals surface area contributed by atoms with E-state index in [1.165, 1.54) is 0 Å². The van der Waals surface area contributed by atoms with Crippen LogP contribution in [0.5, 0.6) is 5.75 Å². The summed E-state index contributed by atoms with van der Waals surface area (Å²) < 4.78 is 46.1. The highest BCUT2D eigenvalue weighted by Crippen LogP contribution is 2.71. The van der Waals surface area contributed by atoms with E-state index in [0.29, 0.717) is 33.3 Å². The maximum Gasteiger partial charge on any atom is 0.344 e. The fourth-order valence-electron chi connectivity index (χ4n) is 6.58. The molecule has 43 heavy (non-hydrogen) atoms. The molecular weight excluding hydrogens is 585 g/mol. The Morgan fingerprint density at radius 1 is 0.860 bits per heavy atom. The van der Waals surface area contributed by atoms with E-state index < -0.39 is 42.8 Å². The second-order valence-electron chi connectivity index (χ2n) is 13.0. The Morgan fingerprint density at radius 2 is 1.40 bits per heavy atom. The van der Waals surface area contributed by atoms with Gasteiger partial charge in [-0.15, -0.1) is 0 Å². The van der Waals surface area contributed by atoms with Crippen LogP contribution in [0.4, 0.5) is 0 Å². The van der Waals surface area contributed by atoms with Crippen molar-refractivity contribution in [1.29, 1.82) is 0 Å². The molecule has 2 fully saturated rings. The SMILES string of the molecule is CC(C)(C)OC(=O)COc1ccc(S(OS(=O)(=O)CC23CCC(CC2=O)C3(C)C)(c2ccccc2)c2ccccc2)cc1. The lowest BCUT2D eigenvalue weighted by Crippen LogP contribution is -2.42. The minimum Gasteiger partial charge on any atom is -0.482 e. The maximum absolute atomic E-state index is 14.3. The maximum atomic E-state index is 14.3. The molecular formula is C34H40O7S2. The van der Waals surface area contributed by atoms with E-state index in [1.807, 2.05) is 74.5 Å². The average molecular weight is 625 g/mol. The predicted molar refractivity (Wildman–Crippen MR) is 166 cm³/mol. The molecule has 7 nitrogen and oxygen atoms in total. The molecule has 230 valence electrons. The van der Waals surface area contributed by atoms with Crippen LogP contribution in [0.1, 0.15) is 53.9 Å². The Balaban J connectivity index is 1.55. The first-order chi connectivity index (χ1) is 20.2. The Kier molecular flexibility index (Phi) is 8.31. The van der Waals surface area contributed by atoms with E-state index in [1.54, 1.807) is 45.0 Å². The van der Waals surface area contributed by atoms with Gasteiger partial charge in [0.15, 0.2) is 6.61 Å². The van der Waals surface area contributed by atoms with Crippen molar-refractivity contribution in [2.75, 3.05) is 12.4 Å². The zero-order valence-corrected chi connectivity index (χ0v) is 27.0. The largest absolute Gasteiger partial charge is 0.482 e. The number of carbonyl (C=O) groups excluding carboxylic acids is 2. The molecule has 3 aromatic rings. The summed E-state index contributed by atoms with van der Waals surface area (Å²) >= 11 is 0. The molecule has 2 atom stereocenters. The highest BCUT2D eigenvalue weighted by atomic mass is 32.3. The molecule has 2 bridgehead atoms. The normalized spacial score (nSPS) is 21.9.